The van der Waals surface area contributed by atoms with Crippen LogP contribution in [0.1, 0.15) is 33.1 Å². The molecule has 0 spiro atoms. The fourth-order valence-corrected chi connectivity index (χ4v) is 1.45. The zero-order valence-corrected chi connectivity index (χ0v) is 8.78. The minimum absolute atomic E-state index is 0.0304. The van der Waals surface area contributed by atoms with Crippen molar-refractivity contribution < 1.29 is 19.4 Å². The van der Waals surface area contributed by atoms with Gasteiger partial charge in [0.05, 0.1) is 13.2 Å². The molecular formula is C10H18O4. The highest BCUT2D eigenvalue weighted by atomic mass is 16.7. The van der Waals surface area contributed by atoms with E-state index in [9.17, 15) is 4.79 Å². The standard InChI is InChI=1S/C10H18O4/c1-3-8(12)4-5-10(2)13-7-9(6-11)14-10/h9,11H,3-7H2,1-2H3. The largest absolute Gasteiger partial charge is 0.394 e. The summed E-state index contributed by atoms with van der Waals surface area (Å²) in [5, 5.41) is 8.85. The van der Waals surface area contributed by atoms with Crippen molar-refractivity contribution in [2.45, 2.75) is 45.0 Å². The molecule has 0 aromatic heterocycles. The molecule has 1 saturated heterocycles. The van der Waals surface area contributed by atoms with Crippen molar-refractivity contribution in [2.75, 3.05) is 13.2 Å². The SMILES string of the molecule is CCC(=O)CCC1(C)OCC(CO)O1. The molecule has 1 aliphatic rings. The highest BCUT2D eigenvalue weighted by Crippen LogP contribution is 2.27. The Labute approximate surface area is 84.2 Å². The van der Waals surface area contributed by atoms with Crippen LogP contribution in [0.25, 0.3) is 0 Å². The Balaban J connectivity index is 2.33. The summed E-state index contributed by atoms with van der Waals surface area (Å²) in [4.78, 5) is 11.1. The summed E-state index contributed by atoms with van der Waals surface area (Å²) in [5.74, 6) is -0.469. The van der Waals surface area contributed by atoms with Gasteiger partial charge in [0.25, 0.3) is 0 Å². The summed E-state index contributed by atoms with van der Waals surface area (Å²) in [6, 6.07) is 0. The highest BCUT2D eigenvalue weighted by Gasteiger charge is 2.36. The van der Waals surface area contributed by atoms with Crippen LogP contribution >= 0.6 is 0 Å². The zero-order valence-electron chi connectivity index (χ0n) is 8.78. The van der Waals surface area contributed by atoms with Crippen LogP contribution in [0.3, 0.4) is 0 Å². The minimum atomic E-state index is -0.682. The number of carbonyl (C=O) groups excluding carboxylic acids is 1. The average Bonchev–Trinajstić information content (AvgIpc) is 2.57. The van der Waals surface area contributed by atoms with Gasteiger partial charge in [0.1, 0.15) is 11.9 Å². The van der Waals surface area contributed by atoms with Crippen molar-refractivity contribution in [3.63, 3.8) is 0 Å². The number of rotatable bonds is 5. The van der Waals surface area contributed by atoms with Crippen molar-refractivity contribution in [1.29, 1.82) is 0 Å². The normalized spacial score (nSPS) is 32.1. The van der Waals surface area contributed by atoms with Crippen molar-refractivity contribution >= 4 is 5.78 Å². The third-order valence-corrected chi connectivity index (χ3v) is 2.45. The van der Waals surface area contributed by atoms with Crippen LogP contribution < -0.4 is 0 Å². The summed E-state index contributed by atoms with van der Waals surface area (Å²) >= 11 is 0. The van der Waals surface area contributed by atoms with E-state index in [1.54, 1.807) is 0 Å². The van der Waals surface area contributed by atoms with E-state index in [2.05, 4.69) is 0 Å². The molecule has 14 heavy (non-hydrogen) atoms. The quantitative estimate of drug-likeness (QED) is 0.718. The molecule has 0 amide bonds. The predicted octanol–water partition coefficient (Wildman–Crippen LogP) is 0.870. The lowest BCUT2D eigenvalue weighted by Crippen LogP contribution is -2.28. The molecule has 4 nitrogen and oxygen atoms in total. The van der Waals surface area contributed by atoms with Gasteiger partial charge in [-0.05, 0) is 6.92 Å². The lowest BCUT2D eigenvalue weighted by Gasteiger charge is -2.22. The topological polar surface area (TPSA) is 55.8 Å². The molecule has 0 radical (unpaired) electrons. The number of ether oxygens (including phenoxy) is 2. The zero-order chi connectivity index (χ0) is 10.6. The van der Waals surface area contributed by atoms with Gasteiger partial charge in [-0.15, -0.1) is 0 Å². The van der Waals surface area contributed by atoms with E-state index in [1.165, 1.54) is 0 Å². The molecule has 4 heteroatoms. The highest BCUT2D eigenvalue weighted by molar-refractivity contribution is 5.77. The van der Waals surface area contributed by atoms with Crippen LogP contribution in [-0.2, 0) is 14.3 Å². The van der Waals surface area contributed by atoms with Gasteiger partial charge in [0, 0.05) is 19.3 Å². The molecule has 0 bridgehead atoms. The maximum Gasteiger partial charge on any atom is 0.166 e. The molecule has 1 fully saturated rings. The van der Waals surface area contributed by atoms with Crippen molar-refractivity contribution in [2.24, 2.45) is 0 Å². The summed E-state index contributed by atoms with van der Waals surface area (Å²) in [6.07, 6.45) is 1.36. The van der Waals surface area contributed by atoms with E-state index in [4.69, 9.17) is 14.6 Å². The van der Waals surface area contributed by atoms with Crippen LogP contribution in [0.2, 0.25) is 0 Å². The van der Waals surface area contributed by atoms with Crippen molar-refractivity contribution in [3.05, 3.63) is 0 Å². The molecule has 82 valence electrons. The predicted molar refractivity (Wildman–Crippen MR) is 50.8 cm³/mol. The number of hydrogen-bond acceptors (Lipinski definition) is 4. The molecule has 1 N–H and O–H groups in total. The van der Waals surface area contributed by atoms with Crippen LogP contribution in [0.4, 0.5) is 0 Å². The first-order chi connectivity index (χ1) is 6.59. The van der Waals surface area contributed by atoms with Crippen molar-refractivity contribution in [1.82, 2.24) is 0 Å². The van der Waals surface area contributed by atoms with Gasteiger partial charge in [-0.1, -0.05) is 6.92 Å². The summed E-state index contributed by atoms with van der Waals surface area (Å²) < 4.78 is 10.9. The number of aliphatic hydroxyl groups is 1. The van der Waals surface area contributed by atoms with Gasteiger partial charge in [0.2, 0.25) is 0 Å². The molecule has 0 aromatic rings. The molecule has 0 saturated carbocycles. The second kappa shape index (κ2) is 4.87. The van der Waals surface area contributed by atoms with E-state index < -0.39 is 5.79 Å². The second-order valence-electron chi connectivity index (χ2n) is 3.76. The van der Waals surface area contributed by atoms with E-state index in [0.29, 0.717) is 25.9 Å². The Morgan fingerprint density at radius 1 is 1.64 bits per heavy atom. The van der Waals surface area contributed by atoms with Gasteiger partial charge in [-0.2, -0.15) is 0 Å². The second-order valence-corrected chi connectivity index (χ2v) is 3.76. The Kier molecular flexibility index (Phi) is 4.04. The third-order valence-electron chi connectivity index (χ3n) is 2.45. The number of ketones is 1. The average molecular weight is 202 g/mol. The first-order valence-electron chi connectivity index (χ1n) is 5.04. The monoisotopic (exact) mass is 202 g/mol. The van der Waals surface area contributed by atoms with Crippen LogP contribution in [0.15, 0.2) is 0 Å². The van der Waals surface area contributed by atoms with E-state index in [0.717, 1.165) is 0 Å². The smallest absolute Gasteiger partial charge is 0.166 e. The first-order valence-corrected chi connectivity index (χ1v) is 5.04. The van der Waals surface area contributed by atoms with Crippen LogP contribution in [0.5, 0.6) is 0 Å². The van der Waals surface area contributed by atoms with Gasteiger partial charge in [-0.3, -0.25) is 4.79 Å². The van der Waals surface area contributed by atoms with Gasteiger partial charge in [0.15, 0.2) is 5.79 Å². The van der Waals surface area contributed by atoms with Gasteiger partial charge >= 0.3 is 0 Å². The van der Waals surface area contributed by atoms with E-state index in [-0.39, 0.29) is 18.5 Å². The molecule has 2 unspecified atom stereocenters. The lowest BCUT2D eigenvalue weighted by molar-refractivity contribution is -0.164. The molecular weight excluding hydrogens is 184 g/mol. The fraction of sp³-hybridized carbons (Fsp3) is 0.900. The van der Waals surface area contributed by atoms with Crippen LogP contribution in [-0.4, -0.2) is 36.0 Å². The Bertz CT molecular complexity index is 204. The molecule has 1 aliphatic heterocycles. The van der Waals surface area contributed by atoms with E-state index >= 15 is 0 Å². The van der Waals surface area contributed by atoms with Crippen molar-refractivity contribution in [3.8, 4) is 0 Å². The Morgan fingerprint density at radius 3 is 2.86 bits per heavy atom. The maximum absolute atomic E-state index is 11.1. The number of Topliss-reactive ketones (excluding diaryl/α,β-unsaturated/α-hetero) is 1. The molecule has 1 heterocycles. The maximum atomic E-state index is 11.1. The first kappa shape index (κ1) is 11.6. The number of aliphatic hydroxyl groups excluding tert-OH is 1. The fourth-order valence-electron chi connectivity index (χ4n) is 1.45. The molecule has 0 aliphatic carbocycles. The lowest BCUT2D eigenvalue weighted by atomic mass is 10.1. The third kappa shape index (κ3) is 3.04. The van der Waals surface area contributed by atoms with E-state index in [1.807, 2.05) is 13.8 Å². The van der Waals surface area contributed by atoms with Crippen LogP contribution in [0, 0.1) is 0 Å². The number of hydrogen-bond donors (Lipinski definition) is 1. The summed E-state index contributed by atoms with van der Waals surface area (Å²) in [6.45, 7) is 4.04. The molecule has 0 aromatic carbocycles. The number of carbonyl (C=O) groups is 1. The molecule has 1 rings (SSSR count). The Hall–Kier alpha value is -0.450. The van der Waals surface area contributed by atoms with Gasteiger partial charge in [-0.25, -0.2) is 0 Å². The summed E-state index contributed by atoms with van der Waals surface area (Å²) in [5.41, 5.74) is 0. The summed E-state index contributed by atoms with van der Waals surface area (Å²) in [7, 11) is 0. The Morgan fingerprint density at radius 2 is 2.36 bits per heavy atom. The minimum Gasteiger partial charge on any atom is -0.394 e. The molecule has 2 atom stereocenters. The van der Waals surface area contributed by atoms with Gasteiger partial charge < -0.3 is 14.6 Å².